The summed E-state index contributed by atoms with van der Waals surface area (Å²) in [4.78, 5) is 31.7. The lowest BCUT2D eigenvalue weighted by atomic mass is 10.0. The Kier molecular flexibility index (Phi) is 3.30. The van der Waals surface area contributed by atoms with Gasteiger partial charge in [-0.2, -0.15) is 0 Å². The summed E-state index contributed by atoms with van der Waals surface area (Å²) in [6.45, 7) is 2.47. The number of carbonyl (C=O) groups is 2. The highest BCUT2D eigenvalue weighted by Crippen LogP contribution is 2.35. The van der Waals surface area contributed by atoms with Crippen molar-refractivity contribution in [2.75, 3.05) is 11.4 Å². The van der Waals surface area contributed by atoms with Crippen LogP contribution in [0.25, 0.3) is 22.1 Å². The summed E-state index contributed by atoms with van der Waals surface area (Å²) in [6, 6.07) is 11.7. The first-order valence-electron chi connectivity index (χ1n) is 9.56. The molecule has 6 rings (SSSR count). The number of anilines is 1. The van der Waals surface area contributed by atoms with Gasteiger partial charge in [0.1, 0.15) is 11.5 Å². The van der Waals surface area contributed by atoms with Gasteiger partial charge in [-0.1, -0.05) is 24.3 Å². The summed E-state index contributed by atoms with van der Waals surface area (Å²) in [6.07, 6.45) is 6.80. The zero-order valence-electron chi connectivity index (χ0n) is 15.5. The number of amides is 2. The molecular weight excluding hydrogens is 366 g/mol. The molecule has 2 aliphatic rings. The van der Waals surface area contributed by atoms with Crippen molar-refractivity contribution in [1.82, 2.24) is 19.3 Å². The van der Waals surface area contributed by atoms with Crippen molar-refractivity contribution in [1.29, 1.82) is 0 Å². The molecule has 0 bridgehead atoms. The molecule has 1 aromatic carbocycles. The monoisotopic (exact) mass is 383 g/mol. The molecule has 2 amide bonds. The van der Waals surface area contributed by atoms with Crippen molar-refractivity contribution in [3.8, 4) is 0 Å². The number of nitrogens with one attached hydrogen (secondary N) is 1. The van der Waals surface area contributed by atoms with Crippen LogP contribution in [0, 0.1) is 0 Å². The second kappa shape index (κ2) is 5.89. The maximum Gasteiger partial charge on any atom is 0.267 e. The summed E-state index contributed by atoms with van der Waals surface area (Å²) < 4.78 is 3.92. The van der Waals surface area contributed by atoms with Gasteiger partial charge in [0.05, 0.1) is 17.3 Å². The zero-order chi connectivity index (χ0) is 19.5. The van der Waals surface area contributed by atoms with Gasteiger partial charge in [0.25, 0.3) is 11.8 Å². The van der Waals surface area contributed by atoms with E-state index in [1.165, 1.54) is 16.5 Å². The molecule has 4 aromatic rings. The fourth-order valence-electron chi connectivity index (χ4n) is 4.36. The second-order valence-corrected chi connectivity index (χ2v) is 7.31. The molecule has 7 nitrogen and oxygen atoms in total. The van der Waals surface area contributed by atoms with Gasteiger partial charge in [-0.05, 0) is 17.7 Å². The maximum atomic E-state index is 13.3. The van der Waals surface area contributed by atoms with Crippen LogP contribution in [-0.2, 0) is 22.7 Å². The van der Waals surface area contributed by atoms with Crippen LogP contribution in [-0.4, -0.2) is 32.3 Å². The van der Waals surface area contributed by atoms with Gasteiger partial charge < -0.3 is 9.88 Å². The number of hydrogen-bond acceptors (Lipinski definition) is 4. The smallest absolute Gasteiger partial charge is 0.267 e. The number of fused-ring (bicyclic) bond motifs is 1. The number of para-hydroxylation sites is 1. The van der Waals surface area contributed by atoms with Crippen LogP contribution < -0.4 is 10.2 Å². The Labute approximate surface area is 165 Å². The van der Waals surface area contributed by atoms with Crippen molar-refractivity contribution < 1.29 is 9.59 Å². The van der Waals surface area contributed by atoms with Gasteiger partial charge in [-0.15, -0.1) is 0 Å². The third kappa shape index (κ3) is 2.25. The predicted molar refractivity (Wildman–Crippen MR) is 109 cm³/mol. The third-order valence-corrected chi connectivity index (χ3v) is 5.67. The Hall–Kier alpha value is -3.71. The normalized spacial score (nSPS) is 16.7. The largest absolute Gasteiger partial charge is 0.345 e. The number of nitrogens with zero attached hydrogens (tertiary/aromatic N) is 4. The number of rotatable bonds is 2. The van der Waals surface area contributed by atoms with Crippen molar-refractivity contribution in [3.05, 3.63) is 72.2 Å². The highest BCUT2D eigenvalue weighted by molar-refractivity contribution is 6.44. The summed E-state index contributed by atoms with van der Waals surface area (Å²) in [5.41, 5.74) is 4.24. The summed E-state index contributed by atoms with van der Waals surface area (Å²) in [5.74, 6) is -0.210. The number of pyridine rings is 1. The topological polar surface area (TPSA) is 71.6 Å². The molecule has 29 heavy (non-hydrogen) atoms. The van der Waals surface area contributed by atoms with Crippen molar-refractivity contribution in [2.45, 2.75) is 13.1 Å². The predicted octanol–water partition coefficient (Wildman–Crippen LogP) is 2.35. The average molecular weight is 383 g/mol. The minimum atomic E-state index is -0.346. The highest BCUT2D eigenvalue weighted by Gasteiger charge is 2.36. The Morgan fingerprint density at radius 2 is 2.00 bits per heavy atom. The third-order valence-electron chi connectivity index (χ3n) is 5.67. The van der Waals surface area contributed by atoms with Crippen LogP contribution in [0.15, 0.2) is 61.1 Å². The van der Waals surface area contributed by atoms with Crippen LogP contribution in [0.2, 0.25) is 0 Å². The molecule has 0 aliphatic carbocycles. The molecule has 0 saturated heterocycles. The van der Waals surface area contributed by atoms with Gasteiger partial charge in [0.15, 0.2) is 0 Å². The molecule has 0 fully saturated rings. The number of imide groups is 1. The quantitative estimate of drug-likeness (QED) is 0.540. The minimum Gasteiger partial charge on any atom is -0.345 e. The van der Waals surface area contributed by atoms with E-state index in [0.29, 0.717) is 17.0 Å². The van der Waals surface area contributed by atoms with Crippen molar-refractivity contribution in [3.63, 3.8) is 0 Å². The molecule has 3 aromatic heterocycles. The van der Waals surface area contributed by atoms with Crippen molar-refractivity contribution >= 4 is 39.8 Å². The number of imidazole rings is 1. The molecular formula is C22H17N5O2. The van der Waals surface area contributed by atoms with Gasteiger partial charge in [-0.25, -0.2) is 9.88 Å². The highest BCUT2D eigenvalue weighted by atomic mass is 16.2. The van der Waals surface area contributed by atoms with Crippen LogP contribution in [0.5, 0.6) is 0 Å². The number of carbonyl (C=O) groups excluding carboxylic acids is 2. The lowest BCUT2D eigenvalue weighted by molar-refractivity contribution is -0.119. The van der Waals surface area contributed by atoms with Crippen LogP contribution in [0.4, 0.5) is 5.82 Å². The first-order chi connectivity index (χ1) is 14.2. The Bertz CT molecular complexity index is 1360. The molecule has 0 unspecified atom stereocenters. The van der Waals surface area contributed by atoms with E-state index in [9.17, 15) is 9.59 Å². The average Bonchev–Trinajstić information content (AvgIpc) is 3.34. The lowest BCUT2D eigenvalue weighted by Crippen LogP contribution is -2.31. The van der Waals surface area contributed by atoms with Gasteiger partial charge >= 0.3 is 0 Å². The van der Waals surface area contributed by atoms with Gasteiger partial charge in [-0.3, -0.25) is 14.0 Å². The number of hydrogen-bond donors (Lipinski definition) is 1. The maximum absolute atomic E-state index is 13.3. The van der Waals surface area contributed by atoms with Crippen LogP contribution in [0.3, 0.4) is 0 Å². The molecule has 142 valence electrons. The van der Waals surface area contributed by atoms with Crippen LogP contribution in [0.1, 0.15) is 11.1 Å². The summed E-state index contributed by atoms with van der Waals surface area (Å²) in [7, 11) is 0. The number of benzene rings is 1. The molecule has 2 aliphatic heterocycles. The zero-order valence-corrected chi connectivity index (χ0v) is 15.5. The fraction of sp³-hybridized carbons (Fsp3) is 0.136. The Morgan fingerprint density at radius 3 is 2.93 bits per heavy atom. The van der Waals surface area contributed by atoms with E-state index >= 15 is 0 Å². The minimum absolute atomic E-state index is 0.319. The standard InChI is InChI=1S/C22H17N5O2/c28-20-10-16(22(29)27(20)19-12-24-18-6-1-2-8-26(18)19)17-13-25-9-7-23-11-14-4-3-5-15(17)21(14)25/h1-6,8,10,12-13,23H,7,9,11H2. The SMILES string of the molecule is O=C1C=C(c2cn3c4c(cccc24)CNCC3)C(=O)N1c1cnc2ccccn12. The molecule has 0 atom stereocenters. The Balaban J connectivity index is 1.49. The molecule has 1 N–H and O–H groups in total. The van der Waals surface area contributed by atoms with E-state index < -0.39 is 0 Å². The Morgan fingerprint density at radius 1 is 1.07 bits per heavy atom. The molecule has 0 saturated carbocycles. The summed E-state index contributed by atoms with van der Waals surface area (Å²) >= 11 is 0. The summed E-state index contributed by atoms with van der Waals surface area (Å²) in [5, 5.41) is 4.41. The molecule has 0 radical (unpaired) electrons. The fourth-order valence-corrected chi connectivity index (χ4v) is 4.36. The van der Waals surface area contributed by atoms with E-state index in [-0.39, 0.29) is 11.8 Å². The van der Waals surface area contributed by atoms with Crippen LogP contribution >= 0.6 is 0 Å². The van der Waals surface area contributed by atoms with Crippen molar-refractivity contribution in [2.24, 2.45) is 0 Å². The number of aromatic nitrogens is 3. The van der Waals surface area contributed by atoms with E-state index in [1.54, 1.807) is 16.8 Å². The van der Waals surface area contributed by atoms with E-state index in [0.717, 1.165) is 36.1 Å². The first kappa shape index (κ1) is 16.3. The molecule has 0 spiro atoms. The van der Waals surface area contributed by atoms with E-state index in [4.69, 9.17) is 0 Å². The molecule has 5 heterocycles. The van der Waals surface area contributed by atoms with E-state index in [2.05, 4.69) is 20.9 Å². The second-order valence-electron chi connectivity index (χ2n) is 7.31. The molecule has 7 heteroatoms. The van der Waals surface area contributed by atoms with Gasteiger partial charge in [0.2, 0.25) is 0 Å². The van der Waals surface area contributed by atoms with Gasteiger partial charge in [0, 0.05) is 49.1 Å². The van der Waals surface area contributed by atoms with E-state index in [1.807, 2.05) is 36.5 Å². The first-order valence-corrected chi connectivity index (χ1v) is 9.56. The lowest BCUT2D eigenvalue weighted by Gasteiger charge is -2.14.